The third-order valence-corrected chi connectivity index (χ3v) is 4.78. The van der Waals surface area contributed by atoms with E-state index in [1.807, 2.05) is 11.6 Å². The zero-order valence-corrected chi connectivity index (χ0v) is 9.98. The van der Waals surface area contributed by atoms with Gasteiger partial charge in [-0.15, -0.1) is 5.10 Å². The lowest BCUT2D eigenvalue weighted by atomic mass is 10.1. The number of ketones is 1. The van der Waals surface area contributed by atoms with Gasteiger partial charge in [0.15, 0.2) is 0 Å². The van der Waals surface area contributed by atoms with Crippen LogP contribution in [-0.2, 0) is 4.79 Å². The van der Waals surface area contributed by atoms with Gasteiger partial charge in [0.1, 0.15) is 5.78 Å². The average molecular weight is 238 g/mol. The molecule has 5 nitrogen and oxygen atoms in total. The number of rotatable bonds is 3. The number of Topliss-reactive ketones (excluding diaryl/α,β-unsaturated/α-hetero) is 1. The molecule has 2 aliphatic rings. The van der Waals surface area contributed by atoms with Gasteiger partial charge in [-0.1, -0.05) is 18.7 Å². The Kier molecular flexibility index (Phi) is 2.46. The Morgan fingerprint density at radius 1 is 1.38 bits per heavy atom. The standard InChI is InChI=1S/C10H14N4OS/c1-6-8(15)4-5-9(6)16-10-11-12-13-14(10)7-2-3-7/h6-7,9H,2-5H2,1H3. The molecule has 0 aromatic carbocycles. The van der Waals surface area contributed by atoms with Crippen LogP contribution in [-0.4, -0.2) is 31.2 Å². The lowest BCUT2D eigenvalue weighted by molar-refractivity contribution is -0.120. The second-order valence-corrected chi connectivity index (χ2v) is 5.79. The number of aromatic nitrogens is 4. The van der Waals surface area contributed by atoms with Crippen molar-refractivity contribution in [1.82, 2.24) is 20.2 Å². The predicted molar refractivity (Wildman–Crippen MR) is 59.1 cm³/mol. The Balaban J connectivity index is 1.73. The summed E-state index contributed by atoms with van der Waals surface area (Å²) in [4.78, 5) is 11.5. The Bertz CT molecular complexity index is 415. The highest BCUT2D eigenvalue weighted by molar-refractivity contribution is 7.99. The van der Waals surface area contributed by atoms with Gasteiger partial charge in [0, 0.05) is 17.6 Å². The molecule has 0 radical (unpaired) electrons. The molecule has 16 heavy (non-hydrogen) atoms. The fraction of sp³-hybridized carbons (Fsp3) is 0.800. The van der Waals surface area contributed by atoms with E-state index in [4.69, 9.17) is 0 Å². The molecule has 0 aliphatic heterocycles. The molecule has 1 aromatic heterocycles. The summed E-state index contributed by atoms with van der Waals surface area (Å²) >= 11 is 1.67. The molecule has 1 aromatic rings. The molecule has 0 bridgehead atoms. The molecule has 0 spiro atoms. The van der Waals surface area contributed by atoms with Crippen LogP contribution in [0.15, 0.2) is 5.16 Å². The van der Waals surface area contributed by atoms with Crippen molar-refractivity contribution >= 4 is 17.5 Å². The van der Waals surface area contributed by atoms with Crippen LogP contribution < -0.4 is 0 Å². The van der Waals surface area contributed by atoms with Crippen LogP contribution in [0.2, 0.25) is 0 Å². The molecule has 86 valence electrons. The molecule has 0 amide bonds. The largest absolute Gasteiger partial charge is 0.299 e. The second kappa shape index (κ2) is 3.84. The maximum Gasteiger partial charge on any atom is 0.209 e. The first-order valence-electron chi connectivity index (χ1n) is 5.73. The molecule has 2 fully saturated rings. The summed E-state index contributed by atoms with van der Waals surface area (Å²) in [5, 5.41) is 13.0. The monoisotopic (exact) mass is 238 g/mol. The van der Waals surface area contributed by atoms with Crippen LogP contribution in [0, 0.1) is 5.92 Å². The van der Waals surface area contributed by atoms with Crippen LogP contribution >= 0.6 is 11.8 Å². The topological polar surface area (TPSA) is 60.7 Å². The Labute approximate surface area is 98.0 Å². The molecular weight excluding hydrogens is 224 g/mol. The zero-order valence-electron chi connectivity index (χ0n) is 9.17. The SMILES string of the molecule is CC1C(=O)CCC1Sc1nnnn1C1CC1. The molecule has 0 N–H and O–H groups in total. The lowest BCUT2D eigenvalue weighted by Crippen LogP contribution is -2.13. The van der Waals surface area contributed by atoms with Gasteiger partial charge in [0.25, 0.3) is 0 Å². The molecule has 3 rings (SSSR count). The van der Waals surface area contributed by atoms with E-state index in [2.05, 4.69) is 15.5 Å². The van der Waals surface area contributed by atoms with Gasteiger partial charge < -0.3 is 0 Å². The van der Waals surface area contributed by atoms with E-state index in [1.54, 1.807) is 11.8 Å². The van der Waals surface area contributed by atoms with E-state index in [-0.39, 0.29) is 5.92 Å². The first kappa shape index (κ1) is 10.3. The smallest absolute Gasteiger partial charge is 0.209 e. The molecule has 2 aliphatic carbocycles. The van der Waals surface area contributed by atoms with Crippen LogP contribution in [0.3, 0.4) is 0 Å². The lowest BCUT2D eigenvalue weighted by Gasteiger charge is -2.12. The second-order valence-electron chi connectivity index (χ2n) is 4.59. The number of thioether (sulfide) groups is 1. The molecule has 6 heteroatoms. The maximum atomic E-state index is 11.5. The Hall–Kier alpha value is -0.910. The Morgan fingerprint density at radius 2 is 2.19 bits per heavy atom. The van der Waals surface area contributed by atoms with Crippen LogP contribution in [0.1, 0.15) is 38.6 Å². The summed E-state index contributed by atoms with van der Waals surface area (Å²) in [5.74, 6) is 0.525. The van der Waals surface area contributed by atoms with Crippen molar-refractivity contribution in [2.75, 3.05) is 0 Å². The van der Waals surface area contributed by atoms with Gasteiger partial charge in [0.2, 0.25) is 5.16 Å². The summed E-state index contributed by atoms with van der Waals surface area (Å²) in [5.41, 5.74) is 0. The zero-order chi connectivity index (χ0) is 11.1. The van der Waals surface area contributed by atoms with E-state index in [9.17, 15) is 4.79 Å². The third kappa shape index (κ3) is 1.75. The Morgan fingerprint density at radius 3 is 2.81 bits per heavy atom. The van der Waals surface area contributed by atoms with E-state index in [1.165, 1.54) is 12.8 Å². The van der Waals surface area contributed by atoms with E-state index < -0.39 is 0 Å². The van der Waals surface area contributed by atoms with E-state index in [0.717, 1.165) is 11.6 Å². The molecular formula is C10H14N4OS. The van der Waals surface area contributed by atoms with E-state index >= 15 is 0 Å². The van der Waals surface area contributed by atoms with Gasteiger partial charge >= 0.3 is 0 Å². The minimum Gasteiger partial charge on any atom is -0.299 e. The number of carbonyl (C=O) groups excluding carboxylic acids is 1. The van der Waals surface area contributed by atoms with Gasteiger partial charge in [-0.2, -0.15) is 0 Å². The van der Waals surface area contributed by atoms with Gasteiger partial charge in [-0.25, -0.2) is 4.68 Å². The fourth-order valence-electron chi connectivity index (χ4n) is 2.08. The number of tetrazole rings is 1. The van der Waals surface area contributed by atoms with Gasteiger partial charge in [0.05, 0.1) is 6.04 Å². The fourth-order valence-corrected chi connectivity index (χ4v) is 3.32. The predicted octanol–water partition coefficient (Wildman–Crippen LogP) is 1.47. The number of carbonyl (C=O) groups is 1. The highest BCUT2D eigenvalue weighted by Crippen LogP contribution is 2.40. The van der Waals surface area contributed by atoms with Crippen molar-refractivity contribution in [3.8, 4) is 0 Å². The van der Waals surface area contributed by atoms with Crippen molar-refractivity contribution in [3.63, 3.8) is 0 Å². The van der Waals surface area contributed by atoms with E-state index in [0.29, 0.717) is 23.5 Å². The highest BCUT2D eigenvalue weighted by atomic mass is 32.2. The third-order valence-electron chi connectivity index (χ3n) is 3.35. The van der Waals surface area contributed by atoms with Crippen molar-refractivity contribution < 1.29 is 4.79 Å². The molecule has 0 saturated heterocycles. The molecule has 2 saturated carbocycles. The van der Waals surface area contributed by atoms with Crippen LogP contribution in [0.4, 0.5) is 0 Å². The van der Waals surface area contributed by atoms with Crippen LogP contribution in [0.25, 0.3) is 0 Å². The maximum absolute atomic E-state index is 11.5. The minimum absolute atomic E-state index is 0.148. The van der Waals surface area contributed by atoms with Crippen molar-refractivity contribution in [2.45, 2.75) is 49.1 Å². The molecule has 2 atom stereocenters. The summed E-state index contributed by atoms with van der Waals surface area (Å²) in [6, 6.07) is 0.505. The number of nitrogens with zero attached hydrogens (tertiary/aromatic N) is 4. The summed E-state index contributed by atoms with van der Waals surface area (Å²) in [6.45, 7) is 2.01. The molecule has 1 heterocycles. The van der Waals surface area contributed by atoms with Gasteiger partial charge in [-0.3, -0.25) is 4.79 Å². The minimum atomic E-state index is 0.148. The number of hydrogen-bond donors (Lipinski definition) is 0. The quantitative estimate of drug-likeness (QED) is 0.798. The van der Waals surface area contributed by atoms with Gasteiger partial charge in [-0.05, 0) is 29.7 Å². The summed E-state index contributed by atoms with van der Waals surface area (Å²) in [7, 11) is 0. The van der Waals surface area contributed by atoms with Crippen molar-refractivity contribution in [3.05, 3.63) is 0 Å². The summed E-state index contributed by atoms with van der Waals surface area (Å²) in [6.07, 6.45) is 4.03. The van der Waals surface area contributed by atoms with Crippen molar-refractivity contribution in [2.24, 2.45) is 5.92 Å². The molecule has 2 unspecified atom stereocenters. The first-order valence-corrected chi connectivity index (χ1v) is 6.61. The highest BCUT2D eigenvalue weighted by Gasteiger charge is 2.34. The normalized spacial score (nSPS) is 29.9. The van der Waals surface area contributed by atoms with Crippen LogP contribution in [0.5, 0.6) is 0 Å². The average Bonchev–Trinajstić information content (AvgIpc) is 2.95. The number of hydrogen-bond acceptors (Lipinski definition) is 5. The van der Waals surface area contributed by atoms with Crippen molar-refractivity contribution in [1.29, 1.82) is 0 Å². The first-order chi connectivity index (χ1) is 7.75. The summed E-state index contributed by atoms with van der Waals surface area (Å²) < 4.78 is 1.92.